The summed E-state index contributed by atoms with van der Waals surface area (Å²) in [4.78, 5) is 7.67. The normalized spacial score (nSPS) is 11.5. The van der Waals surface area contributed by atoms with E-state index in [4.69, 9.17) is 23.2 Å². The summed E-state index contributed by atoms with van der Waals surface area (Å²) in [6.45, 7) is 0. The first kappa shape index (κ1) is 12.3. The van der Waals surface area contributed by atoms with Crippen LogP contribution < -0.4 is 0 Å². The predicted octanol–water partition coefficient (Wildman–Crippen LogP) is 5.04. The van der Waals surface area contributed by atoms with E-state index in [1.165, 1.54) is 0 Å². The molecule has 4 heteroatoms. The predicted molar refractivity (Wildman–Crippen MR) is 81.5 cm³/mol. The number of aromatic nitrogens is 2. The number of H-pyrrole nitrogens is 1. The molecule has 0 radical (unpaired) electrons. The molecule has 0 fully saturated rings. The number of hydrogen-bond donors (Lipinski definition) is 1. The van der Waals surface area contributed by atoms with E-state index in [-0.39, 0.29) is 0 Å². The van der Waals surface area contributed by atoms with Crippen LogP contribution in [0.2, 0.25) is 10.0 Å². The third-order valence-electron chi connectivity index (χ3n) is 2.77. The molecule has 0 saturated carbocycles. The van der Waals surface area contributed by atoms with Gasteiger partial charge in [-0.3, -0.25) is 0 Å². The molecule has 0 amide bonds. The van der Waals surface area contributed by atoms with Gasteiger partial charge in [-0.15, -0.1) is 0 Å². The molecule has 0 spiro atoms. The van der Waals surface area contributed by atoms with Gasteiger partial charge in [-0.25, -0.2) is 4.98 Å². The van der Waals surface area contributed by atoms with Crippen LogP contribution >= 0.6 is 23.2 Å². The highest BCUT2D eigenvalue weighted by Crippen LogP contribution is 2.18. The van der Waals surface area contributed by atoms with Crippen LogP contribution in [0, 0.1) is 0 Å². The fourth-order valence-electron chi connectivity index (χ4n) is 1.83. The Balaban J connectivity index is 1.90. The smallest absolute Gasteiger partial charge is 0.131 e. The van der Waals surface area contributed by atoms with Crippen molar-refractivity contribution < 1.29 is 0 Å². The molecule has 0 aliphatic rings. The van der Waals surface area contributed by atoms with Gasteiger partial charge in [0.25, 0.3) is 0 Å². The van der Waals surface area contributed by atoms with Crippen molar-refractivity contribution in [2.24, 2.45) is 0 Å². The lowest BCUT2D eigenvalue weighted by Gasteiger charge is -1.92. The Bertz CT molecular complexity index is 742. The summed E-state index contributed by atoms with van der Waals surface area (Å²) in [5.74, 6) is 0.798. The summed E-state index contributed by atoms with van der Waals surface area (Å²) >= 11 is 11.8. The van der Waals surface area contributed by atoms with Crippen molar-refractivity contribution in [3.63, 3.8) is 0 Å². The maximum absolute atomic E-state index is 5.94. The van der Waals surface area contributed by atoms with Crippen molar-refractivity contribution in [2.45, 2.75) is 0 Å². The Hall–Kier alpha value is -1.77. The molecule has 2 aromatic carbocycles. The SMILES string of the molecule is Clc1ccc(/C=C/c2nc3ccc(Cl)cc3[nH]2)cc1. The largest absolute Gasteiger partial charge is 0.338 e. The van der Waals surface area contributed by atoms with Crippen LogP contribution in [0.5, 0.6) is 0 Å². The molecule has 0 aliphatic carbocycles. The monoisotopic (exact) mass is 288 g/mol. The molecular weight excluding hydrogens is 279 g/mol. The van der Waals surface area contributed by atoms with Gasteiger partial charge in [0.1, 0.15) is 5.82 Å². The molecule has 1 aromatic heterocycles. The van der Waals surface area contributed by atoms with E-state index in [9.17, 15) is 0 Å². The Morgan fingerprint density at radius 1 is 0.895 bits per heavy atom. The fourth-order valence-corrected chi connectivity index (χ4v) is 2.13. The zero-order valence-corrected chi connectivity index (χ0v) is 11.4. The number of hydrogen-bond acceptors (Lipinski definition) is 1. The van der Waals surface area contributed by atoms with Gasteiger partial charge >= 0.3 is 0 Å². The first-order chi connectivity index (χ1) is 9.20. The molecule has 1 N–H and O–H groups in total. The lowest BCUT2D eigenvalue weighted by atomic mass is 10.2. The van der Waals surface area contributed by atoms with Crippen molar-refractivity contribution in [3.8, 4) is 0 Å². The zero-order valence-electron chi connectivity index (χ0n) is 9.90. The summed E-state index contributed by atoms with van der Waals surface area (Å²) in [7, 11) is 0. The van der Waals surface area contributed by atoms with Gasteiger partial charge in [-0.1, -0.05) is 41.4 Å². The first-order valence-electron chi connectivity index (χ1n) is 5.80. The van der Waals surface area contributed by atoms with E-state index in [1.807, 2.05) is 54.6 Å². The van der Waals surface area contributed by atoms with E-state index in [1.54, 1.807) is 0 Å². The van der Waals surface area contributed by atoms with Crippen molar-refractivity contribution in [3.05, 3.63) is 63.9 Å². The number of imidazole rings is 1. The minimum Gasteiger partial charge on any atom is -0.338 e. The maximum atomic E-state index is 5.94. The third-order valence-corrected chi connectivity index (χ3v) is 3.25. The number of nitrogens with zero attached hydrogens (tertiary/aromatic N) is 1. The van der Waals surface area contributed by atoms with Crippen LogP contribution in [0.25, 0.3) is 23.2 Å². The fraction of sp³-hybridized carbons (Fsp3) is 0. The van der Waals surface area contributed by atoms with Crippen molar-refractivity contribution >= 4 is 46.4 Å². The average Bonchev–Trinajstić information content (AvgIpc) is 2.80. The number of halogens is 2. The second-order valence-corrected chi connectivity index (χ2v) is 5.04. The number of nitrogens with one attached hydrogen (secondary N) is 1. The van der Waals surface area contributed by atoms with Crippen LogP contribution in [0.4, 0.5) is 0 Å². The number of aromatic amines is 1. The van der Waals surface area contributed by atoms with Gasteiger partial charge in [-0.2, -0.15) is 0 Å². The quantitative estimate of drug-likeness (QED) is 0.703. The maximum Gasteiger partial charge on any atom is 0.131 e. The highest BCUT2D eigenvalue weighted by Gasteiger charge is 2.00. The molecule has 0 bridgehead atoms. The third kappa shape index (κ3) is 2.80. The zero-order chi connectivity index (χ0) is 13.2. The van der Waals surface area contributed by atoms with Crippen LogP contribution in [-0.4, -0.2) is 9.97 Å². The van der Waals surface area contributed by atoms with E-state index >= 15 is 0 Å². The van der Waals surface area contributed by atoms with E-state index in [0.29, 0.717) is 5.02 Å². The van der Waals surface area contributed by atoms with Crippen LogP contribution in [-0.2, 0) is 0 Å². The molecule has 19 heavy (non-hydrogen) atoms. The highest BCUT2D eigenvalue weighted by molar-refractivity contribution is 6.31. The minimum absolute atomic E-state index is 0.699. The average molecular weight is 289 g/mol. The Kier molecular flexibility index (Phi) is 3.28. The van der Waals surface area contributed by atoms with Crippen molar-refractivity contribution in [1.82, 2.24) is 9.97 Å². The summed E-state index contributed by atoms with van der Waals surface area (Å²) in [6.07, 6.45) is 3.91. The lowest BCUT2D eigenvalue weighted by Crippen LogP contribution is -1.74. The highest BCUT2D eigenvalue weighted by atomic mass is 35.5. The van der Waals surface area contributed by atoms with Gasteiger partial charge in [-0.05, 0) is 42.0 Å². The van der Waals surface area contributed by atoms with Crippen LogP contribution in [0.1, 0.15) is 11.4 Å². The van der Waals surface area contributed by atoms with E-state index in [2.05, 4.69) is 9.97 Å². The van der Waals surface area contributed by atoms with Crippen LogP contribution in [0.15, 0.2) is 42.5 Å². The molecule has 1 heterocycles. The van der Waals surface area contributed by atoms with Gasteiger partial charge in [0.2, 0.25) is 0 Å². The molecule has 0 atom stereocenters. The van der Waals surface area contributed by atoms with E-state index < -0.39 is 0 Å². The Morgan fingerprint density at radius 3 is 2.42 bits per heavy atom. The second kappa shape index (κ2) is 5.08. The molecule has 94 valence electrons. The van der Waals surface area contributed by atoms with E-state index in [0.717, 1.165) is 27.4 Å². The molecule has 0 aliphatic heterocycles. The summed E-state index contributed by atoms with van der Waals surface area (Å²) in [6, 6.07) is 13.2. The number of rotatable bonds is 2. The first-order valence-corrected chi connectivity index (χ1v) is 6.55. The summed E-state index contributed by atoms with van der Waals surface area (Å²) < 4.78 is 0. The Morgan fingerprint density at radius 2 is 1.63 bits per heavy atom. The molecule has 0 saturated heterocycles. The molecule has 2 nitrogen and oxygen atoms in total. The van der Waals surface area contributed by atoms with Crippen molar-refractivity contribution in [1.29, 1.82) is 0 Å². The molecule has 0 unspecified atom stereocenters. The standard InChI is InChI=1S/C15H10Cl2N2/c16-11-4-1-10(2-5-11)3-8-15-18-13-7-6-12(17)9-14(13)19-15/h1-9H,(H,18,19)/b8-3+. The van der Waals surface area contributed by atoms with Gasteiger partial charge < -0.3 is 4.98 Å². The van der Waals surface area contributed by atoms with Gasteiger partial charge in [0.15, 0.2) is 0 Å². The summed E-state index contributed by atoms with van der Waals surface area (Å²) in [5.41, 5.74) is 2.91. The number of fused-ring (bicyclic) bond motifs is 1. The second-order valence-electron chi connectivity index (χ2n) is 4.17. The Labute approximate surface area is 120 Å². The molecule has 3 rings (SSSR count). The van der Waals surface area contributed by atoms with Gasteiger partial charge in [0.05, 0.1) is 11.0 Å². The molecule has 3 aromatic rings. The summed E-state index contributed by atoms with van der Waals surface area (Å²) in [5, 5.41) is 1.43. The lowest BCUT2D eigenvalue weighted by molar-refractivity contribution is 1.29. The minimum atomic E-state index is 0.699. The van der Waals surface area contributed by atoms with Crippen LogP contribution in [0.3, 0.4) is 0 Å². The topological polar surface area (TPSA) is 28.7 Å². The molecular formula is C15H10Cl2N2. The van der Waals surface area contributed by atoms with Crippen molar-refractivity contribution in [2.75, 3.05) is 0 Å². The number of benzene rings is 2. The van der Waals surface area contributed by atoms with Gasteiger partial charge in [0, 0.05) is 10.0 Å².